The van der Waals surface area contributed by atoms with Crippen molar-refractivity contribution in [2.75, 3.05) is 0 Å². The molecule has 0 unspecified atom stereocenters. The second kappa shape index (κ2) is 7.42. The monoisotopic (exact) mass is 604 g/mol. The molecule has 44 heavy (non-hydrogen) atoms. The van der Waals surface area contributed by atoms with Crippen molar-refractivity contribution in [3.63, 3.8) is 0 Å². The van der Waals surface area contributed by atoms with Crippen molar-refractivity contribution in [1.29, 1.82) is 0 Å². The Balaban J connectivity index is 1.37. The smallest absolute Gasteiger partial charge is 0.264 e. The van der Waals surface area contributed by atoms with Gasteiger partial charge in [0.2, 0.25) is 0 Å². The highest BCUT2D eigenvalue weighted by Crippen LogP contribution is 2.45. The predicted octanol–water partition coefficient (Wildman–Crippen LogP) is 8.55. The van der Waals surface area contributed by atoms with Crippen LogP contribution in [0.15, 0.2) is 94.5 Å². The van der Waals surface area contributed by atoms with Gasteiger partial charge >= 0.3 is 0 Å². The summed E-state index contributed by atoms with van der Waals surface area (Å²) in [7, 11) is 0. The maximum atomic E-state index is 14.0. The summed E-state index contributed by atoms with van der Waals surface area (Å²) in [6.45, 7) is 0. The number of halogens is 2. The zero-order chi connectivity index (χ0) is 29.2. The summed E-state index contributed by atoms with van der Waals surface area (Å²) in [4.78, 5) is 37.8. The Hall–Kier alpha value is -5.30. The first-order chi connectivity index (χ1) is 21.5. The minimum atomic E-state index is -0.110. The van der Waals surface area contributed by atoms with Crippen LogP contribution in [-0.4, -0.2) is 18.8 Å². The van der Waals surface area contributed by atoms with E-state index in [2.05, 4.69) is 24.3 Å². The summed E-state index contributed by atoms with van der Waals surface area (Å²) in [5, 5.41) is 12.2. The number of pyridine rings is 2. The third-order valence-electron chi connectivity index (χ3n) is 9.48. The van der Waals surface area contributed by atoms with Gasteiger partial charge in [-0.15, -0.1) is 0 Å². The van der Waals surface area contributed by atoms with Crippen molar-refractivity contribution in [3.8, 4) is 0 Å². The predicted molar refractivity (Wildman–Crippen MR) is 180 cm³/mol. The zero-order valence-corrected chi connectivity index (χ0v) is 24.0. The van der Waals surface area contributed by atoms with E-state index in [4.69, 9.17) is 33.2 Å². The van der Waals surface area contributed by atoms with Gasteiger partial charge in [-0.25, -0.2) is 9.97 Å². The Morgan fingerprint density at radius 2 is 0.773 bits per heavy atom. The average molecular weight is 605 g/mol. The molecule has 6 nitrogen and oxygen atoms in total. The lowest BCUT2D eigenvalue weighted by Gasteiger charge is -2.18. The number of nitrogens with zero attached hydrogens (tertiary/aromatic N) is 4. The molecule has 0 aliphatic carbocycles. The van der Waals surface area contributed by atoms with Gasteiger partial charge in [0.15, 0.2) is 0 Å². The van der Waals surface area contributed by atoms with Crippen molar-refractivity contribution >= 4 is 121 Å². The molecule has 11 aromatic rings. The Morgan fingerprint density at radius 1 is 0.432 bits per heavy atom. The molecular formula is C36H14Cl2N4O2. The maximum Gasteiger partial charge on any atom is 0.264 e. The topological polar surface area (TPSA) is 68.7 Å². The van der Waals surface area contributed by atoms with Crippen LogP contribution in [0, 0.1) is 0 Å². The van der Waals surface area contributed by atoms with Gasteiger partial charge in [-0.05, 0) is 93.0 Å². The number of fused-ring (bicyclic) bond motifs is 10. The van der Waals surface area contributed by atoms with Gasteiger partial charge in [0.25, 0.3) is 11.1 Å². The molecule has 4 heterocycles. The van der Waals surface area contributed by atoms with Gasteiger partial charge < -0.3 is 0 Å². The van der Waals surface area contributed by atoms with Crippen LogP contribution in [0.4, 0.5) is 0 Å². The molecule has 0 spiro atoms. The standard InChI is InChI=1S/C36H14Cl2N4O2/c37-15-1-11-27-25(13-15)39-33-21-7-3-17-18-4-8-22-32-24(36(44)42-28-12-2-16(38)14-26(28)40-34(22)42)10-6-20(30(18)32)19-5-9-23(31(21)29(17)19)35(43)41(27)33/h1-14H. The third kappa shape index (κ3) is 2.50. The number of hydrogen-bond donors (Lipinski definition) is 0. The number of imidazole rings is 2. The van der Waals surface area contributed by atoms with Crippen molar-refractivity contribution in [3.05, 3.63) is 116 Å². The van der Waals surface area contributed by atoms with Gasteiger partial charge in [0.1, 0.15) is 11.3 Å². The van der Waals surface area contributed by atoms with E-state index in [0.717, 1.165) is 64.9 Å². The minimum Gasteiger partial charge on any atom is -0.268 e. The summed E-state index contributed by atoms with van der Waals surface area (Å²) < 4.78 is 3.38. The number of hydrogen-bond acceptors (Lipinski definition) is 4. The molecule has 11 rings (SSSR count). The van der Waals surface area contributed by atoms with Gasteiger partial charge in [-0.1, -0.05) is 47.5 Å². The first-order valence-electron chi connectivity index (χ1n) is 14.1. The largest absolute Gasteiger partial charge is 0.268 e. The quantitative estimate of drug-likeness (QED) is 0.128. The molecule has 0 amide bonds. The molecule has 0 atom stereocenters. The second-order valence-corrected chi connectivity index (χ2v) is 12.4. The fourth-order valence-electron chi connectivity index (χ4n) is 7.74. The van der Waals surface area contributed by atoms with Gasteiger partial charge in [-0.3, -0.25) is 18.4 Å². The van der Waals surface area contributed by atoms with Crippen molar-refractivity contribution in [1.82, 2.24) is 18.8 Å². The van der Waals surface area contributed by atoms with Crippen molar-refractivity contribution < 1.29 is 0 Å². The highest BCUT2D eigenvalue weighted by molar-refractivity contribution is 6.40. The molecule has 0 bridgehead atoms. The molecule has 0 fully saturated rings. The summed E-state index contributed by atoms with van der Waals surface area (Å²) in [5.74, 6) is 0. The summed E-state index contributed by atoms with van der Waals surface area (Å²) in [6, 6.07) is 27.1. The fraction of sp³-hybridized carbons (Fsp3) is 0. The van der Waals surface area contributed by atoms with Gasteiger partial charge in [0.05, 0.1) is 22.1 Å². The third-order valence-corrected chi connectivity index (χ3v) is 9.95. The highest BCUT2D eigenvalue weighted by Gasteiger charge is 2.24. The van der Waals surface area contributed by atoms with Crippen molar-refractivity contribution in [2.45, 2.75) is 0 Å². The van der Waals surface area contributed by atoms with Crippen LogP contribution in [0.1, 0.15) is 0 Å². The molecule has 8 heteroatoms. The summed E-state index contributed by atoms with van der Waals surface area (Å²) in [6.07, 6.45) is 0. The van der Waals surface area contributed by atoms with E-state index in [1.54, 1.807) is 33.1 Å². The van der Waals surface area contributed by atoms with Crippen LogP contribution in [0.5, 0.6) is 0 Å². The summed E-state index contributed by atoms with van der Waals surface area (Å²) in [5.41, 5.74) is 3.84. The van der Waals surface area contributed by atoms with E-state index < -0.39 is 0 Å². The fourth-order valence-corrected chi connectivity index (χ4v) is 8.07. The molecule has 0 aliphatic rings. The molecule has 0 saturated carbocycles. The first kappa shape index (κ1) is 23.2. The normalized spacial score (nSPS) is 13.0. The van der Waals surface area contributed by atoms with Gasteiger partial charge in [-0.2, -0.15) is 0 Å². The molecule has 0 saturated heterocycles. The lowest BCUT2D eigenvalue weighted by Crippen LogP contribution is -2.14. The Labute approximate surface area is 254 Å². The second-order valence-electron chi connectivity index (χ2n) is 11.6. The number of rotatable bonds is 0. The van der Waals surface area contributed by atoms with E-state index in [-0.39, 0.29) is 11.1 Å². The zero-order valence-electron chi connectivity index (χ0n) is 22.4. The molecule has 0 aliphatic heterocycles. The van der Waals surface area contributed by atoms with Crippen LogP contribution >= 0.6 is 23.2 Å². The molecule has 0 N–H and O–H groups in total. The molecule has 4 aromatic heterocycles. The van der Waals surface area contributed by atoms with E-state index >= 15 is 0 Å². The summed E-state index contributed by atoms with van der Waals surface area (Å²) >= 11 is 12.6. The van der Waals surface area contributed by atoms with Gasteiger partial charge in [0, 0.05) is 42.4 Å². The Kier molecular flexibility index (Phi) is 3.91. The van der Waals surface area contributed by atoms with E-state index in [1.165, 1.54) is 0 Å². The lowest BCUT2D eigenvalue weighted by atomic mass is 9.86. The minimum absolute atomic E-state index is 0.110. The van der Waals surface area contributed by atoms with E-state index in [0.29, 0.717) is 43.1 Å². The van der Waals surface area contributed by atoms with Crippen LogP contribution < -0.4 is 11.1 Å². The first-order valence-corrected chi connectivity index (χ1v) is 14.9. The molecule has 0 radical (unpaired) electrons. The van der Waals surface area contributed by atoms with Crippen LogP contribution in [0.25, 0.3) is 98.0 Å². The molecule has 204 valence electrons. The van der Waals surface area contributed by atoms with Crippen LogP contribution in [0.2, 0.25) is 10.0 Å². The van der Waals surface area contributed by atoms with Crippen LogP contribution in [-0.2, 0) is 0 Å². The Bertz CT molecular complexity index is 3000. The van der Waals surface area contributed by atoms with E-state index in [1.807, 2.05) is 36.4 Å². The van der Waals surface area contributed by atoms with E-state index in [9.17, 15) is 9.59 Å². The number of aromatic nitrogens is 4. The highest BCUT2D eigenvalue weighted by atomic mass is 35.5. The van der Waals surface area contributed by atoms with Crippen molar-refractivity contribution in [2.24, 2.45) is 0 Å². The average Bonchev–Trinajstić information content (AvgIpc) is 3.60. The molecular weight excluding hydrogens is 591 g/mol. The maximum absolute atomic E-state index is 14.0. The van der Waals surface area contributed by atoms with Crippen LogP contribution in [0.3, 0.4) is 0 Å². The molecule has 7 aromatic carbocycles. The SMILES string of the molecule is O=c1c2ccc3c4ccc5c(=O)n6c7ccc(Cl)cc7nc6c6ccc(c7ccc(c2c37)c2nc3cc(Cl)ccc3n12)c4c56. The Morgan fingerprint density at radius 3 is 1.18 bits per heavy atom. The lowest BCUT2D eigenvalue weighted by molar-refractivity contribution is 1.19. The number of benzene rings is 7.